The molecule has 0 spiro atoms. The lowest BCUT2D eigenvalue weighted by Gasteiger charge is -2.31. The second-order valence-electron chi connectivity index (χ2n) is 5.46. The van der Waals surface area contributed by atoms with Gasteiger partial charge in [0.2, 0.25) is 5.91 Å². The minimum Gasteiger partial charge on any atom is -0.308 e. The van der Waals surface area contributed by atoms with Gasteiger partial charge in [-0.1, -0.05) is 25.1 Å². The van der Waals surface area contributed by atoms with Crippen LogP contribution in [0.4, 0.5) is 5.69 Å². The van der Waals surface area contributed by atoms with Crippen LogP contribution in [-0.4, -0.2) is 24.5 Å². The van der Waals surface area contributed by atoms with Crippen LogP contribution in [0.5, 0.6) is 0 Å². The van der Waals surface area contributed by atoms with Gasteiger partial charge in [0.15, 0.2) is 0 Å². The third-order valence-electron chi connectivity index (χ3n) is 4.00. The molecule has 2 atom stereocenters. The normalized spacial score (nSPS) is 24.4. The summed E-state index contributed by atoms with van der Waals surface area (Å²) in [6.07, 6.45) is 1.95. The predicted octanol–water partition coefficient (Wildman–Crippen LogP) is 2.66. The van der Waals surface area contributed by atoms with Crippen molar-refractivity contribution < 1.29 is 4.79 Å². The zero-order valence-corrected chi connectivity index (χ0v) is 12.4. The topological polar surface area (TPSA) is 32.3 Å². The van der Waals surface area contributed by atoms with E-state index in [1.165, 1.54) is 11.1 Å². The Labute approximate surface area is 116 Å². The van der Waals surface area contributed by atoms with Crippen LogP contribution in [0, 0.1) is 6.92 Å². The monoisotopic (exact) mass is 260 g/mol. The van der Waals surface area contributed by atoms with Crippen LogP contribution in [-0.2, 0) is 11.2 Å². The fourth-order valence-corrected chi connectivity index (χ4v) is 2.83. The van der Waals surface area contributed by atoms with Crippen LogP contribution in [0.3, 0.4) is 0 Å². The highest BCUT2D eigenvalue weighted by Gasteiger charge is 2.30. The van der Waals surface area contributed by atoms with Crippen molar-refractivity contribution in [3.63, 3.8) is 0 Å². The molecule has 0 saturated carbocycles. The van der Waals surface area contributed by atoms with Crippen LogP contribution in [0.15, 0.2) is 18.2 Å². The number of carbonyl (C=O) groups excluding carboxylic acids is 1. The molecule has 1 saturated heterocycles. The molecule has 1 aliphatic heterocycles. The van der Waals surface area contributed by atoms with E-state index in [0.717, 1.165) is 25.1 Å². The maximum Gasteiger partial charge on any atom is 0.244 e. The summed E-state index contributed by atoms with van der Waals surface area (Å²) in [6.45, 7) is 9.24. The van der Waals surface area contributed by atoms with Crippen molar-refractivity contribution in [3.8, 4) is 0 Å². The van der Waals surface area contributed by atoms with E-state index in [0.29, 0.717) is 0 Å². The highest BCUT2D eigenvalue weighted by molar-refractivity contribution is 5.99. The maximum atomic E-state index is 12.6. The van der Waals surface area contributed by atoms with Crippen molar-refractivity contribution >= 4 is 11.6 Å². The average Bonchev–Trinajstić information content (AvgIpc) is 2.51. The van der Waals surface area contributed by atoms with Gasteiger partial charge in [0.1, 0.15) is 0 Å². The molecule has 0 bridgehead atoms. The van der Waals surface area contributed by atoms with Crippen LogP contribution in [0.25, 0.3) is 0 Å². The first-order valence-electron chi connectivity index (χ1n) is 7.21. The molecule has 19 heavy (non-hydrogen) atoms. The Kier molecular flexibility index (Phi) is 4.25. The molecule has 1 aromatic carbocycles. The van der Waals surface area contributed by atoms with Gasteiger partial charge in [0, 0.05) is 6.04 Å². The van der Waals surface area contributed by atoms with E-state index in [1.807, 2.05) is 11.8 Å². The van der Waals surface area contributed by atoms with E-state index in [1.54, 1.807) is 0 Å². The Balaban J connectivity index is 2.50. The van der Waals surface area contributed by atoms with Gasteiger partial charge >= 0.3 is 0 Å². The SMILES string of the molecule is CCc1cccc(C)c1N1C(=O)C(C)NCCC1C. The van der Waals surface area contributed by atoms with Crippen molar-refractivity contribution in [3.05, 3.63) is 29.3 Å². The molecule has 1 heterocycles. The highest BCUT2D eigenvalue weighted by Crippen LogP contribution is 2.29. The molecule has 2 rings (SSSR count). The largest absolute Gasteiger partial charge is 0.308 e. The number of amides is 1. The Morgan fingerprint density at radius 1 is 1.37 bits per heavy atom. The molecule has 0 aromatic heterocycles. The van der Waals surface area contributed by atoms with E-state index in [9.17, 15) is 4.79 Å². The summed E-state index contributed by atoms with van der Waals surface area (Å²) in [4.78, 5) is 14.7. The number of para-hydroxylation sites is 1. The van der Waals surface area contributed by atoms with Crippen molar-refractivity contribution in [1.82, 2.24) is 5.32 Å². The Morgan fingerprint density at radius 3 is 2.79 bits per heavy atom. The first-order chi connectivity index (χ1) is 9.06. The quantitative estimate of drug-likeness (QED) is 0.886. The average molecular weight is 260 g/mol. The molecule has 1 aromatic rings. The fraction of sp³-hybridized carbons (Fsp3) is 0.562. The molecule has 0 aliphatic carbocycles. The molecule has 2 unspecified atom stereocenters. The minimum atomic E-state index is -0.103. The lowest BCUT2D eigenvalue weighted by atomic mass is 10.0. The zero-order chi connectivity index (χ0) is 14.0. The van der Waals surface area contributed by atoms with Gasteiger partial charge in [-0.05, 0) is 51.3 Å². The number of nitrogens with one attached hydrogen (secondary N) is 1. The number of hydrogen-bond donors (Lipinski definition) is 1. The number of anilines is 1. The number of carbonyl (C=O) groups is 1. The summed E-state index contributed by atoms with van der Waals surface area (Å²) in [7, 11) is 0. The summed E-state index contributed by atoms with van der Waals surface area (Å²) in [5.41, 5.74) is 3.57. The number of benzene rings is 1. The van der Waals surface area contributed by atoms with E-state index in [-0.39, 0.29) is 18.0 Å². The van der Waals surface area contributed by atoms with E-state index < -0.39 is 0 Å². The van der Waals surface area contributed by atoms with Gasteiger partial charge in [0.25, 0.3) is 0 Å². The van der Waals surface area contributed by atoms with Gasteiger partial charge in [-0.2, -0.15) is 0 Å². The molecule has 0 radical (unpaired) electrons. The lowest BCUT2D eigenvalue weighted by molar-refractivity contribution is -0.120. The van der Waals surface area contributed by atoms with Gasteiger partial charge in [0.05, 0.1) is 11.7 Å². The summed E-state index contributed by atoms with van der Waals surface area (Å²) in [6, 6.07) is 6.44. The molecular weight excluding hydrogens is 236 g/mol. The number of hydrogen-bond acceptors (Lipinski definition) is 2. The van der Waals surface area contributed by atoms with E-state index >= 15 is 0 Å². The van der Waals surface area contributed by atoms with Crippen LogP contribution in [0.1, 0.15) is 38.3 Å². The summed E-state index contributed by atoms with van der Waals surface area (Å²) in [5.74, 6) is 0.189. The summed E-state index contributed by atoms with van der Waals surface area (Å²) >= 11 is 0. The summed E-state index contributed by atoms with van der Waals surface area (Å²) < 4.78 is 0. The smallest absolute Gasteiger partial charge is 0.244 e. The fourth-order valence-electron chi connectivity index (χ4n) is 2.83. The highest BCUT2D eigenvalue weighted by atomic mass is 16.2. The van der Waals surface area contributed by atoms with E-state index in [2.05, 4.69) is 44.3 Å². The Bertz CT molecular complexity index is 470. The molecule has 104 valence electrons. The lowest BCUT2D eigenvalue weighted by Crippen LogP contribution is -2.45. The first kappa shape index (κ1) is 14.1. The maximum absolute atomic E-state index is 12.6. The summed E-state index contributed by atoms with van der Waals surface area (Å²) in [5, 5.41) is 3.29. The van der Waals surface area contributed by atoms with Crippen molar-refractivity contribution in [2.75, 3.05) is 11.4 Å². The van der Waals surface area contributed by atoms with Crippen molar-refractivity contribution in [1.29, 1.82) is 0 Å². The van der Waals surface area contributed by atoms with Crippen LogP contribution >= 0.6 is 0 Å². The zero-order valence-electron chi connectivity index (χ0n) is 12.4. The first-order valence-corrected chi connectivity index (χ1v) is 7.21. The third kappa shape index (κ3) is 2.66. The second kappa shape index (κ2) is 5.74. The van der Waals surface area contributed by atoms with Crippen molar-refractivity contribution in [2.45, 2.75) is 52.6 Å². The standard InChI is InChI=1S/C16H24N2O/c1-5-14-8-6-7-11(2)15(14)18-12(3)9-10-17-13(4)16(18)19/h6-8,12-13,17H,5,9-10H2,1-4H3. The molecule has 3 nitrogen and oxygen atoms in total. The molecule has 1 fully saturated rings. The number of aryl methyl sites for hydroxylation is 2. The van der Waals surface area contributed by atoms with Gasteiger partial charge in [-0.3, -0.25) is 4.79 Å². The van der Waals surface area contributed by atoms with Gasteiger partial charge in [-0.15, -0.1) is 0 Å². The molecule has 1 N–H and O–H groups in total. The van der Waals surface area contributed by atoms with Gasteiger partial charge < -0.3 is 10.2 Å². The van der Waals surface area contributed by atoms with Crippen LogP contribution < -0.4 is 10.2 Å². The number of rotatable bonds is 2. The molecule has 1 aliphatic rings. The number of nitrogens with zero attached hydrogens (tertiary/aromatic N) is 1. The van der Waals surface area contributed by atoms with Crippen molar-refractivity contribution in [2.24, 2.45) is 0 Å². The molecular formula is C16H24N2O. The third-order valence-corrected chi connectivity index (χ3v) is 4.00. The van der Waals surface area contributed by atoms with Gasteiger partial charge in [-0.25, -0.2) is 0 Å². The Hall–Kier alpha value is -1.35. The molecule has 3 heteroatoms. The van der Waals surface area contributed by atoms with Crippen LogP contribution in [0.2, 0.25) is 0 Å². The van der Waals surface area contributed by atoms with E-state index in [4.69, 9.17) is 0 Å². The molecule has 1 amide bonds. The minimum absolute atomic E-state index is 0.103. The predicted molar refractivity (Wildman–Crippen MR) is 79.6 cm³/mol. The Morgan fingerprint density at radius 2 is 2.11 bits per heavy atom. The second-order valence-corrected chi connectivity index (χ2v) is 5.46.